The van der Waals surface area contributed by atoms with E-state index in [2.05, 4.69) is 0 Å². The van der Waals surface area contributed by atoms with E-state index in [-0.39, 0.29) is 11.3 Å². The normalized spacial score (nSPS) is 20.0. The molecule has 1 amide bonds. The zero-order valence-electron chi connectivity index (χ0n) is 17.9. The van der Waals surface area contributed by atoms with Crippen LogP contribution in [0.1, 0.15) is 29.5 Å². The first-order valence-corrected chi connectivity index (χ1v) is 10.3. The lowest BCUT2D eigenvalue weighted by Crippen LogP contribution is -2.32. The Morgan fingerprint density at radius 2 is 1.87 bits per heavy atom. The monoisotopic (exact) mass is 426 g/mol. The second-order valence-corrected chi connectivity index (χ2v) is 7.96. The number of nitrogens with zero attached hydrogens (tertiary/aromatic N) is 2. The molecule has 1 aromatic carbocycles. The number of likely N-dealkylation sites (tertiary alicyclic amines) is 1. The molecule has 8 nitrogen and oxygen atoms in total. The van der Waals surface area contributed by atoms with Gasteiger partial charge in [-0.1, -0.05) is 0 Å². The molecule has 0 saturated carbocycles. The molecule has 2 aliphatic heterocycles. The lowest BCUT2D eigenvalue weighted by Gasteiger charge is -2.24. The molecule has 164 valence electrons. The number of Topliss-reactive ketones (excluding diaryl/α,β-unsaturated/α-hetero) is 1. The molecule has 0 spiro atoms. The number of furan rings is 1. The van der Waals surface area contributed by atoms with Crippen molar-refractivity contribution in [2.24, 2.45) is 0 Å². The number of fused-ring (bicyclic) bond motifs is 1. The first-order chi connectivity index (χ1) is 14.9. The van der Waals surface area contributed by atoms with Gasteiger partial charge >= 0.3 is 0 Å². The predicted octanol–water partition coefficient (Wildman–Crippen LogP) is 2.73. The van der Waals surface area contributed by atoms with Gasteiger partial charge in [0.15, 0.2) is 11.5 Å². The summed E-state index contributed by atoms with van der Waals surface area (Å²) in [7, 11) is 3.90. The number of aliphatic hydroxyl groups is 1. The number of carbonyl (C=O) groups is 2. The highest BCUT2D eigenvalue weighted by Crippen LogP contribution is 2.41. The molecular weight excluding hydrogens is 400 g/mol. The van der Waals surface area contributed by atoms with Gasteiger partial charge in [-0.2, -0.15) is 0 Å². The Balaban J connectivity index is 1.76. The number of hydrogen-bond donors (Lipinski definition) is 1. The van der Waals surface area contributed by atoms with Gasteiger partial charge in [0.25, 0.3) is 11.7 Å². The summed E-state index contributed by atoms with van der Waals surface area (Å²) in [6.45, 7) is 3.77. The number of rotatable bonds is 6. The average molecular weight is 426 g/mol. The van der Waals surface area contributed by atoms with Gasteiger partial charge in [-0.25, -0.2) is 0 Å². The molecule has 0 unspecified atom stereocenters. The molecule has 1 aromatic heterocycles. The van der Waals surface area contributed by atoms with Crippen LogP contribution in [0.3, 0.4) is 0 Å². The maximum absolute atomic E-state index is 13.0. The molecule has 1 atom stereocenters. The highest BCUT2D eigenvalue weighted by atomic mass is 16.6. The minimum atomic E-state index is -0.788. The van der Waals surface area contributed by atoms with Crippen LogP contribution in [-0.2, 0) is 9.59 Å². The molecule has 0 bridgehead atoms. The summed E-state index contributed by atoms with van der Waals surface area (Å²) in [5.74, 6) is 0.539. The standard InChI is InChI=1S/C23H26N2O6/c1-14-5-7-17(31-14)20-19(22(27)23(28)25(20)10-4-9-24(2)3)21(26)15-6-8-16-18(13-15)30-12-11-29-16/h5-8,13,20,26H,4,9-12H2,1-3H3/b21-19+/t20-/m0/s1. The minimum absolute atomic E-state index is 0.0147. The number of carbonyl (C=O) groups excluding carboxylic acids is 2. The molecule has 2 aromatic rings. The Kier molecular flexibility index (Phi) is 5.73. The molecular formula is C23H26N2O6. The Bertz CT molecular complexity index is 1040. The van der Waals surface area contributed by atoms with Crippen molar-refractivity contribution >= 4 is 17.4 Å². The van der Waals surface area contributed by atoms with Gasteiger partial charge in [0.2, 0.25) is 0 Å². The predicted molar refractivity (Wildman–Crippen MR) is 113 cm³/mol. The van der Waals surface area contributed by atoms with Crippen molar-refractivity contribution in [2.75, 3.05) is 40.4 Å². The zero-order chi connectivity index (χ0) is 22.1. The Morgan fingerprint density at radius 1 is 1.13 bits per heavy atom. The van der Waals surface area contributed by atoms with Gasteiger partial charge in [0, 0.05) is 12.1 Å². The molecule has 8 heteroatoms. The zero-order valence-corrected chi connectivity index (χ0v) is 17.9. The second-order valence-electron chi connectivity index (χ2n) is 7.96. The lowest BCUT2D eigenvalue weighted by molar-refractivity contribution is -0.140. The molecule has 3 heterocycles. The number of aryl methyl sites for hydroxylation is 1. The van der Waals surface area contributed by atoms with E-state index in [1.54, 1.807) is 37.3 Å². The number of aliphatic hydroxyl groups excluding tert-OH is 1. The smallest absolute Gasteiger partial charge is 0.295 e. The molecule has 1 saturated heterocycles. The molecule has 1 N–H and O–H groups in total. The van der Waals surface area contributed by atoms with Gasteiger partial charge in [-0.15, -0.1) is 0 Å². The second kappa shape index (κ2) is 8.47. The molecule has 2 aliphatic rings. The fourth-order valence-electron chi connectivity index (χ4n) is 3.91. The van der Waals surface area contributed by atoms with Gasteiger partial charge in [0.05, 0.1) is 5.57 Å². The number of ketones is 1. The van der Waals surface area contributed by atoms with Crippen molar-refractivity contribution in [2.45, 2.75) is 19.4 Å². The highest BCUT2D eigenvalue weighted by Gasteiger charge is 2.47. The van der Waals surface area contributed by atoms with Crippen molar-refractivity contribution in [3.8, 4) is 11.5 Å². The fraction of sp³-hybridized carbons (Fsp3) is 0.391. The summed E-state index contributed by atoms with van der Waals surface area (Å²) in [5, 5.41) is 11.1. The van der Waals surface area contributed by atoms with Crippen LogP contribution in [0.5, 0.6) is 11.5 Å². The van der Waals surface area contributed by atoms with E-state index in [1.807, 2.05) is 19.0 Å². The van der Waals surface area contributed by atoms with E-state index >= 15 is 0 Å². The van der Waals surface area contributed by atoms with Gasteiger partial charge in [0.1, 0.15) is 36.5 Å². The van der Waals surface area contributed by atoms with Crippen LogP contribution >= 0.6 is 0 Å². The number of hydrogen-bond acceptors (Lipinski definition) is 7. The third kappa shape index (κ3) is 4.03. The largest absolute Gasteiger partial charge is 0.507 e. The van der Waals surface area contributed by atoms with E-state index in [4.69, 9.17) is 13.9 Å². The van der Waals surface area contributed by atoms with E-state index in [0.29, 0.717) is 54.8 Å². The Morgan fingerprint density at radius 3 is 2.55 bits per heavy atom. The summed E-state index contributed by atoms with van der Waals surface area (Å²) >= 11 is 0. The number of ether oxygens (including phenoxy) is 2. The van der Waals surface area contributed by atoms with Crippen molar-refractivity contribution in [3.63, 3.8) is 0 Å². The maximum Gasteiger partial charge on any atom is 0.295 e. The van der Waals surface area contributed by atoms with E-state index in [9.17, 15) is 14.7 Å². The molecule has 1 fully saturated rings. The topological polar surface area (TPSA) is 92.4 Å². The quantitative estimate of drug-likeness (QED) is 0.431. The maximum atomic E-state index is 13.0. The summed E-state index contributed by atoms with van der Waals surface area (Å²) < 4.78 is 16.9. The van der Waals surface area contributed by atoms with Crippen molar-refractivity contribution < 1.29 is 28.6 Å². The van der Waals surface area contributed by atoms with Crippen LogP contribution in [0.2, 0.25) is 0 Å². The molecule has 0 aliphatic carbocycles. The fourth-order valence-corrected chi connectivity index (χ4v) is 3.91. The lowest BCUT2D eigenvalue weighted by atomic mass is 9.99. The Labute approximate surface area is 180 Å². The van der Waals surface area contributed by atoms with Crippen LogP contribution in [-0.4, -0.2) is 67.0 Å². The van der Waals surface area contributed by atoms with E-state index in [0.717, 1.165) is 6.54 Å². The molecule has 31 heavy (non-hydrogen) atoms. The van der Waals surface area contributed by atoms with Crippen molar-refractivity contribution in [1.82, 2.24) is 9.80 Å². The average Bonchev–Trinajstić information content (AvgIpc) is 3.28. The van der Waals surface area contributed by atoms with Crippen LogP contribution in [0.25, 0.3) is 5.76 Å². The minimum Gasteiger partial charge on any atom is -0.507 e. The van der Waals surface area contributed by atoms with Gasteiger partial charge < -0.3 is 28.8 Å². The summed E-state index contributed by atoms with van der Waals surface area (Å²) in [4.78, 5) is 29.4. The molecule has 0 radical (unpaired) electrons. The van der Waals surface area contributed by atoms with Gasteiger partial charge in [-0.3, -0.25) is 9.59 Å². The Hall–Kier alpha value is -3.26. The SMILES string of the molecule is Cc1ccc([C@H]2/C(=C(\O)c3ccc4c(c3)OCCO4)C(=O)C(=O)N2CCCN(C)C)o1. The van der Waals surface area contributed by atoms with Crippen LogP contribution in [0.4, 0.5) is 0 Å². The first kappa shape index (κ1) is 21.0. The summed E-state index contributed by atoms with van der Waals surface area (Å²) in [6.07, 6.45) is 0.681. The number of amides is 1. The van der Waals surface area contributed by atoms with E-state index in [1.165, 1.54) is 4.90 Å². The van der Waals surface area contributed by atoms with Crippen molar-refractivity contribution in [1.29, 1.82) is 0 Å². The molecule has 4 rings (SSSR count). The van der Waals surface area contributed by atoms with Crippen molar-refractivity contribution in [3.05, 3.63) is 53.0 Å². The van der Waals surface area contributed by atoms with E-state index < -0.39 is 17.7 Å². The van der Waals surface area contributed by atoms with Crippen LogP contribution < -0.4 is 9.47 Å². The summed E-state index contributed by atoms with van der Waals surface area (Å²) in [6, 6.07) is 7.67. The first-order valence-electron chi connectivity index (χ1n) is 10.3. The van der Waals surface area contributed by atoms with Crippen LogP contribution in [0, 0.1) is 6.92 Å². The third-order valence-electron chi connectivity index (χ3n) is 5.39. The summed E-state index contributed by atoms with van der Waals surface area (Å²) in [5.41, 5.74) is 0.393. The van der Waals surface area contributed by atoms with Gasteiger partial charge in [-0.05, 0) is 64.3 Å². The third-order valence-corrected chi connectivity index (χ3v) is 5.39. The highest BCUT2D eigenvalue weighted by molar-refractivity contribution is 6.46. The van der Waals surface area contributed by atoms with Crippen LogP contribution in [0.15, 0.2) is 40.3 Å². The number of benzene rings is 1.